The van der Waals surface area contributed by atoms with Crippen LogP contribution in [-0.4, -0.2) is 37.2 Å². The van der Waals surface area contributed by atoms with Crippen molar-refractivity contribution in [1.29, 1.82) is 0 Å². The highest BCUT2D eigenvalue weighted by Gasteiger charge is 2.52. The molecule has 2 rings (SSSR count). The van der Waals surface area contributed by atoms with Gasteiger partial charge in [0.2, 0.25) is 0 Å². The maximum absolute atomic E-state index is 11.9. The molecule has 5 N–H and O–H groups in total. The summed E-state index contributed by atoms with van der Waals surface area (Å²) in [4.78, 5) is 34.6. The molecule has 0 fully saturated rings. The van der Waals surface area contributed by atoms with E-state index < -0.39 is 23.4 Å². The van der Waals surface area contributed by atoms with Crippen molar-refractivity contribution in [3.63, 3.8) is 0 Å². The van der Waals surface area contributed by atoms with Gasteiger partial charge in [0.1, 0.15) is 0 Å². The summed E-state index contributed by atoms with van der Waals surface area (Å²) in [6, 6.07) is 1.48. The van der Waals surface area contributed by atoms with Crippen LogP contribution in [0.4, 0.5) is 10.5 Å². The van der Waals surface area contributed by atoms with E-state index in [1.807, 2.05) is 0 Å². The Labute approximate surface area is 119 Å². The van der Waals surface area contributed by atoms with Gasteiger partial charge in [-0.05, 0) is 6.07 Å². The number of carbonyl (C=O) groups is 3. The van der Waals surface area contributed by atoms with Crippen LogP contribution in [0.25, 0.3) is 0 Å². The molecule has 21 heavy (non-hydrogen) atoms. The van der Waals surface area contributed by atoms with E-state index >= 15 is 0 Å². The Morgan fingerprint density at radius 3 is 2.38 bits per heavy atom. The molecule has 0 unspecified atom stereocenters. The number of hydrogen-bond donors (Lipinski definition) is 4. The standard InChI is InChI=1S/C12H13N3O6/c1-20-7-3-5-6(4-8(7)21-2)14-9(16)12(5,19)10(17)15-11(13)18/h3-4,19H,1-2H3,(H,14,16)(H3,13,15,17,18)/t12-/m1/s1. The molecule has 0 aliphatic carbocycles. The van der Waals surface area contributed by atoms with Crippen LogP contribution in [0.2, 0.25) is 0 Å². The largest absolute Gasteiger partial charge is 0.493 e. The lowest BCUT2D eigenvalue weighted by Gasteiger charge is -2.19. The number of urea groups is 1. The second kappa shape index (κ2) is 4.94. The summed E-state index contributed by atoms with van der Waals surface area (Å²) in [6.45, 7) is 0. The number of carbonyl (C=O) groups excluding carboxylic acids is 3. The quantitative estimate of drug-likeness (QED) is 0.529. The molecule has 0 radical (unpaired) electrons. The summed E-state index contributed by atoms with van der Waals surface area (Å²) in [6.07, 6.45) is 0. The van der Waals surface area contributed by atoms with Crippen molar-refractivity contribution in [2.45, 2.75) is 5.60 Å². The van der Waals surface area contributed by atoms with Crippen LogP contribution >= 0.6 is 0 Å². The molecular formula is C12H13N3O6. The van der Waals surface area contributed by atoms with Crippen molar-refractivity contribution in [2.24, 2.45) is 5.73 Å². The number of primary amides is 1. The van der Waals surface area contributed by atoms with Crippen molar-refractivity contribution in [2.75, 3.05) is 19.5 Å². The van der Waals surface area contributed by atoms with Gasteiger partial charge in [0.15, 0.2) is 11.5 Å². The van der Waals surface area contributed by atoms with Crippen LogP contribution in [0.1, 0.15) is 5.56 Å². The molecule has 0 spiro atoms. The summed E-state index contributed by atoms with van der Waals surface area (Å²) in [5, 5.41) is 14.4. The Morgan fingerprint density at radius 2 is 1.86 bits per heavy atom. The zero-order chi connectivity index (χ0) is 15.8. The molecule has 0 saturated heterocycles. The summed E-state index contributed by atoms with van der Waals surface area (Å²) < 4.78 is 10.1. The van der Waals surface area contributed by atoms with Crippen LogP contribution in [-0.2, 0) is 15.2 Å². The minimum Gasteiger partial charge on any atom is -0.493 e. The van der Waals surface area contributed by atoms with Crippen molar-refractivity contribution in [3.05, 3.63) is 17.7 Å². The molecule has 1 aromatic rings. The van der Waals surface area contributed by atoms with E-state index in [-0.39, 0.29) is 17.0 Å². The number of nitrogens with one attached hydrogen (secondary N) is 2. The van der Waals surface area contributed by atoms with Gasteiger partial charge in [0, 0.05) is 11.6 Å². The number of nitrogens with two attached hydrogens (primary N) is 1. The summed E-state index contributed by atoms with van der Waals surface area (Å²) >= 11 is 0. The van der Waals surface area contributed by atoms with Crippen molar-refractivity contribution >= 4 is 23.5 Å². The van der Waals surface area contributed by atoms with E-state index in [9.17, 15) is 19.5 Å². The average molecular weight is 295 g/mol. The fourth-order valence-corrected chi connectivity index (χ4v) is 2.04. The maximum atomic E-state index is 11.9. The molecule has 1 heterocycles. The first-order valence-electron chi connectivity index (χ1n) is 5.75. The third-order valence-electron chi connectivity index (χ3n) is 3.06. The number of imide groups is 1. The molecule has 4 amide bonds. The maximum Gasteiger partial charge on any atom is 0.318 e. The monoisotopic (exact) mass is 295 g/mol. The molecule has 1 aliphatic heterocycles. The lowest BCUT2D eigenvalue weighted by atomic mass is 9.94. The molecule has 0 bridgehead atoms. The first kappa shape index (κ1) is 14.6. The summed E-state index contributed by atoms with van der Waals surface area (Å²) in [5.74, 6) is -1.75. The predicted molar refractivity (Wildman–Crippen MR) is 69.8 cm³/mol. The predicted octanol–water partition coefficient (Wildman–Crippen LogP) is -0.962. The number of benzene rings is 1. The fourth-order valence-electron chi connectivity index (χ4n) is 2.04. The molecule has 1 atom stereocenters. The molecular weight excluding hydrogens is 282 g/mol. The van der Waals surface area contributed by atoms with Crippen LogP contribution in [0.15, 0.2) is 12.1 Å². The van der Waals surface area contributed by atoms with Crippen LogP contribution < -0.4 is 25.8 Å². The number of aliphatic hydroxyl groups is 1. The van der Waals surface area contributed by atoms with E-state index in [4.69, 9.17) is 15.2 Å². The lowest BCUT2D eigenvalue weighted by Crippen LogP contribution is -2.52. The van der Waals surface area contributed by atoms with E-state index in [2.05, 4.69) is 5.32 Å². The Kier molecular flexibility index (Phi) is 3.44. The molecule has 1 aliphatic rings. The normalized spacial score (nSPS) is 19.5. The van der Waals surface area contributed by atoms with Gasteiger partial charge in [-0.1, -0.05) is 0 Å². The highest BCUT2D eigenvalue weighted by molar-refractivity contribution is 6.21. The van der Waals surface area contributed by atoms with Gasteiger partial charge in [-0.15, -0.1) is 0 Å². The van der Waals surface area contributed by atoms with Crippen LogP contribution in [0, 0.1) is 0 Å². The molecule has 9 heteroatoms. The third-order valence-corrected chi connectivity index (χ3v) is 3.06. The zero-order valence-corrected chi connectivity index (χ0v) is 11.2. The minimum atomic E-state index is -2.58. The highest BCUT2D eigenvalue weighted by Crippen LogP contribution is 2.42. The molecule has 112 valence electrons. The number of methoxy groups -OCH3 is 2. The molecule has 0 saturated carbocycles. The Morgan fingerprint density at radius 1 is 1.29 bits per heavy atom. The van der Waals surface area contributed by atoms with Crippen molar-refractivity contribution in [3.8, 4) is 11.5 Å². The van der Waals surface area contributed by atoms with Gasteiger partial charge in [-0.3, -0.25) is 14.9 Å². The summed E-state index contributed by atoms with van der Waals surface area (Å²) in [5.41, 5.74) is 2.35. The summed E-state index contributed by atoms with van der Waals surface area (Å²) in [7, 11) is 2.75. The van der Waals surface area contributed by atoms with Gasteiger partial charge in [0.05, 0.1) is 19.9 Å². The number of amides is 4. The van der Waals surface area contributed by atoms with Gasteiger partial charge < -0.3 is 25.6 Å². The Bertz CT molecular complexity index is 644. The van der Waals surface area contributed by atoms with Crippen LogP contribution in [0.5, 0.6) is 11.5 Å². The van der Waals surface area contributed by atoms with E-state index in [0.29, 0.717) is 5.75 Å². The number of hydrogen-bond acceptors (Lipinski definition) is 6. The number of fused-ring (bicyclic) bond motifs is 1. The number of anilines is 1. The fraction of sp³-hybridized carbons (Fsp3) is 0.250. The first-order chi connectivity index (χ1) is 9.84. The van der Waals surface area contributed by atoms with Gasteiger partial charge in [-0.2, -0.15) is 0 Å². The second-order valence-electron chi connectivity index (χ2n) is 4.24. The SMILES string of the molecule is COc1cc2c(cc1OC)[C@](O)(C(=O)NC(N)=O)C(=O)N2. The first-order valence-corrected chi connectivity index (χ1v) is 5.75. The second-order valence-corrected chi connectivity index (χ2v) is 4.24. The molecule has 0 aromatic heterocycles. The number of ether oxygens (including phenoxy) is 2. The van der Waals surface area contributed by atoms with Gasteiger partial charge >= 0.3 is 6.03 Å². The molecule has 1 aromatic carbocycles. The van der Waals surface area contributed by atoms with Crippen molar-refractivity contribution < 1.29 is 29.0 Å². The number of rotatable bonds is 3. The van der Waals surface area contributed by atoms with E-state index in [1.54, 1.807) is 5.32 Å². The highest BCUT2D eigenvalue weighted by atomic mass is 16.5. The topological polar surface area (TPSA) is 140 Å². The minimum absolute atomic E-state index is 0.0658. The van der Waals surface area contributed by atoms with Crippen molar-refractivity contribution in [1.82, 2.24) is 5.32 Å². The van der Waals surface area contributed by atoms with Crippen LogP contribution in [0.3, 0.4) is 0 Å². The van der Waals surface area contributed by atoms with Gasteiger partial charge in [-0.25, -0.2) is 4.79 Å². The average Bonchev–Trinajstić information content (AvgIpc) is 2.69. The molecule has 9 nitrogen and oxygen atoms in total. The lowest BCUT2D eigenvalue weighted by molar-refractivity contribution is -0.149. The zero-order valence-electron chi connectivity index (χ0n) is 11.2. The van der Waals surface area contributed by atoms with E-state index in [1.165, 1.54) is 26.4 Å². The van der Waals surface area contributed by atoms with E-state index in [0.717, 1.165) is 0 Å². The Hall–Kier alpha value is -2.81. The smallest absolute Gasteiger partial charge is 0.318 e. The third kappa shape index (κ3) is 2.13. The Balaban J connectivity index is 2.56. The van der Waals surface area contributed by atoms with Gasteiger partial charge in [0.25, 0.3) is 17.4 Å².